The number of nitrogens with one attached hydrogen (secondary N) is 1. The minimum atomic E-state index is 0.0692. The maximum atomic E-state index is 12.1. The molecule has 0 aliphatic carbocycles. The smallest absolute Gasteiger partial charge is 0.317 e. The highest BCUT2D eigenvalue weighted by Crippen LogP contribution is 2.18. The number of hydrogen-bond acceptors (Lipinski definition) is 4. The van der Waals surface area contributed by atoms with Crippen molar-refractivity contribution < 1.29 is 4.79 Å². The van der Waals surface area contributed by atoms with Crippen LogP contribution in [0.4, 0.5) is 9.93 Å². The Hall–Kier alpha value is -1.30. The molecule has 0 unspecified atom stereocenters. The molecule has 0 radical (unpaired) electrons. The number of piperazine rings is 1. The summed E-state index contributed by atoms with van der Waals surface area (Å²) in [6.07, 6.45) is 3.95. The van der Waals surface area contributed by atoms with Gasteiger partial charge in [0.25, 0.3) is 0 Å². The lowest BCUT2D eigenvalue weighted by Crippen LogP contribution is -2.53. The molecule has 0 aromatic carbocycles. The van der Waals surface area contributed by atoms with Gasteiger partial charge in [-0.3, -0.25) is 0 Å². The number of rotatable bonds is 4. The summed E-state index contributed by atoms with van der Waals surface area (Å²) in [7, 11) is 0. The molecule has 2 amide bonds. The molecule has 19 heavy (non-hydrogen) atoms. The molecule has 1 aliphatic rings. The molecule has 1 aromatic heterocycles. The van der Waals surface area contributed by atoms with E-state index in [1.165, 1.54) is 0 Å². The van der Waals surface area contributed by atoms with Crippen molar-refractivity contribution in [1.82, 2.24) is 15.2 Å². The Labute approximate surface area is 118 Å². The zero-order valence-corrected chi connectivity index (χ0v) is 12.4. The van der Waals surface area contributed by atoms with Crippen LogP contribution in [0, 0.1) is 0 Å². The molecule has 2 heterocycles. The molecule has 6 heteroatoms. The fraction of sp³-hybridized carbons (Fsp3) is 0.692. The third-order valence-electron chi connectivity index (χ3n) is 3.35. The lowest BCUT2D eigenvalue weighted by molar-refractivity contribution is 0.190. The van der Waals surface area contributed by atoms with Crippen LogP contribution in [0.15, 0.2) is 11.6 Å². The van der Waals surface area contributed by atoms with Crippen molar-refractivity contribution in [2.24, 2.45) is 0 Å². The maximum absolute atomic E-state index is 12.1. The van der Waals surface area contributed by atoms with Crippen LogP contribution in [-0.2, 0) is 0 Å². The number of hydrogen-bond donors (Lipinski definition) is 1. The minimum Gasteiger partial charge on any atom is -0.345 e. The van der Waals surface area contributed by atoms with Gasteiger partial charge in [0.15, 0.2) is 5.13 Å². The second-order valence-corrected chi connectivity index (χ2v) is 5.80. The number of nitrogens with zero attached hydrogens (tertiary/aromatic N) is 3. The summed E-state index contributed by atoms with van der Waals surface area (Å²) in [6, 6.07) is 0.328. The quantitative estimate of drug-likeness (QED) is 0.920. The number of carbonyl (C=O) groups excluding carboxylic acids is 1. The average Bonchev–Trinajstić information content (AvgIpc) is 2.93. The number of thiazole rings is 1. The largest absolute Gasteiger partial charge is 0.345 e. The van der Waals surface area contributed by atoms with Crippen molar-refractivity contribution in [2.75, 3.05) is 31.1 Å². The van der Waals surface area contributed by atoms with Crippen molar-refractivity contribution in [3.63, 3.8) is 0 Å². The van der Waals surface area contributed by atoms with Crippen molar-refractivity contribution >= 4 is 22.5 Å². The molecule has 1 N–H and O–H groups in total. The van der Waals surface area contributed by atoms with Gasteiger partial charge in [-0.25, -0.2) is 9.78 Å². The van der Waals surface area contributed by atoms with E-state index in [2.05, 4.69) is 29.0 Å². The molecule has 1 atom stereocenters. The summed E-state index contributed by atoms with van der Waals surface area (Å²) in [5, 5.41) is 6.10. The first kappa shape index (κ1) is 14.1. The minimum absolute atomic E-state index is 0.0692. The predicted molar refractivity (Wildman–Crippen MR) is 78.8 cm³/mol. The topological polar surface area (TPSA) is 48.5 Å². The summed E-state index contributed by atoms with van der Waals surface area (Å²) < 4.78 is 0. The van der Waals surface area contributed by atoms with Gasteiger partial charge in [-0.2, -0.15) is 0 Å². The van der Waals surface area contributed by atoms with Gasteiger partial charge in [0.1, 0.15) is 0 Å². The van der Waals surface area contributed by atoms with Crippen LogP contribution < -0.4 is 10.2 Å². The molecule has 1 fully saturated rings. The van der Waals surface area contributed by atoms with Gasteiger partial charge in [0, 0.05) is 43.8 Å². The molecular weight excluding hydrogens is 260 g/mol. The van der Waals surface area contributed by atoms with E-state index in [-0.39, 0.29) is 12.1 Å². The zero-order valence-electron chi connectivity index (χ0n) is 11.6. The average molecular weight is 282 g/mol. The van der Waals surface area contributed by atoms with Crippen LogP contribution in [0.5, 0.6) is 0 Å². The first-order valence-corrected chi connectivity index (χ1v) is 7.78. The van der Waals surface area contributed by atoms with Crippen molar-refractivity contribution in [3.05, 3.63) is 11.6 Å². The van der Waals surface area contributed by atoms with E-state index >= 15 is 0 Å². The van der Waals surface area contributed by atoms with E-state index in [1.807, 2.05) is 16.5 Å². The second kappa shape index (κ2) is 6.75. The Kier molecular flexibility index (Phi) is 5.01. The second-order valence-electron chi connectivity index (χ2n) is 4.93. The van der Waals surface area contributed by atoms with E-state index in [0.29, 0.717) is 0 Å². The van der Waals surface area contributed by atoms with E-state index in [9.17, 15) is 4.79 Å². The molecule has 1 saturated heterocycles. The SMILES string of the molecule is CCC[C@@H](C)NC(=O)N1CCN(c2nccs2)CC1. The molecule has 106 valence electrons. The lowest BCUT2D eigenvalue weighted by atomic mass is 10.2. The Morgan fingerprint density at radius 1 is 1.47 bits per heavy atom. The van der Waals surface area contributed by atoms with Gasteiger partial charge < -0.3 is 15.1 Å². The molecule has 0 spiro atoms. The Morgan fingerprint density at radius 2 is 2.21 bits per heavy atom. The van der Waals surface area contributed by atoms with Gasteiger partial charge in [-0.1, -0.05) is 13.3 Å². The van der Waals surface area contributed by atoms with Gasteiger partial charge in [0.05, 0.1) is 0 Å². The summed E-state index contributed by atoms with van der Waals surface area (Å²) >= 11 is 1.65. The fourth-order valence-electron chi connectivity index (χ4n) is 2.28. The highest BCUT2D eigenvalue weighted by Gasteiger charge is 2.22. The number of carbonyl (C=O) groups is 1. The molecule has 1 aromatic rings. The van der Waals surface area contributed by atoms with Gasteiger partial charge in [0.2, 0.25) is 0 Å². The molecule has 5 nitrogen and oxygen atoms in total. The first-order valence-electron chi connectivity index (χ1n) is 6.90. The third kappa shape index (κ3) is 3.83. The highest BCUT2D eigenvalue weighted by atomic mass is 32.1. The monoisotopic (exact) mass is 282 g/mol. The molecule has 0 bridgehead atoms. The van der Waals surface area contributed by atoms with Gasteiger partial charge in [-0.05, 0) is 13.3 Å². The molecule has 0 saturated carbocycles. The van der Waals surface area contributed by atoms with Gasteiger partial charge >= 0.3 is 6.03 Å². The fourth-order valence-corrected chi connectivity index (χ4v) is 2.98. The van der Waals surface area contributed by atoms with Crippen LogP contribution in [0.2, 0.25) is 0 Å². The van der Waals surface area contributed by atoms with Crippen LogP contribution in [0.1, 0.15) is 26.7 Å². The highest BCUT2D eigenvalue weighted by molar-refractivity contribution is 7.13. The Balaban J connectivity index is 1.78. The van der Waals surface area contributed by atoms with Crippen LogP contribution in [0.25, 0.3) is 0 Å². The maximum Gasteiger partial charge on any atom is 0.317 e. The van der Waals surface area contributed by atoms with Crippen molar-refractivity contribution in [1.29, 1.82) is 0 Å². The molecular formula is C13H22N4OS. The lowest BCUT2D eigenvalue weighted by Gasteiger charge is -2.35. The molecule has 1 aliphatic heterocycles. The number of aromatic nitrogens is 1. The number of amides is 2. The van der Waals surface area contributed by atoms with Crippen LogP contribution in [0.3, 0.4) is 0 Å². The summed E-state index contributed by atoms with van der Waals surface area (Å²) in [5.74, 6) is 0. The zero-order chi connectivity index (χ0) is 13.7. The van der Waals surface area contributed by atoms with E-state index in [1.54, 1.807) is 11.3 Å². The summed E-state index contributed by atoms with van der Waals surface area (Å²) in [5.41, 5.74) is 0. The number of urea groups is 1. The van der Waals surface area contributed by atoms with Gasteiger partial charge in [-0.15, -0.1) is 11.3 Å². The van der Waals surface area contributed by atoms with Crippen LogP contribution >= 0.6 is 11.3 Å². The molecule has 2 rings (SSSR count). The standard InChI is InChI=1S/C13H22N4OS/c1-3-4-11(2)15-12(18)16-6-8-17(9-7-16)13-14-5-10-19-13/h5,10-11H,3-4,6-9H2,1-2H3,(H,15,18)/t11-/m1/s1. The number of anilines is 1. The predicted octanol–water partition coefficient (Wildman–Crippen LogP) is 2.16. The van der Waals surface area contributed by atoms with E-state index < -0.39 is 0 Å². The van der Waals surface area contributed by atoms with Crippen molar-refractivity contribution in [2.45, 2.75) is 32.7 Å². The summed E-state index contributed by atoms with van der Waals surface area (Å²) in [4.78, 5) is 20.5. The normalized spacial score (nSPS) is 17.4. The van der Waals surface area contributed by atoms with Crippen molar-refractivity contribution in [3.8, 4) is 0 Å². The Bertz CT molecular complexity index is 387. The Morgan fingerprint density at radius 3 is 2.79 bits per heavy atom. The van der Waals surface area contributed by atoms with E-state index in [4.69, 9.17) is 0 Å². The third-order valence-corrected chi connectivity index (χ3v) is 4.18. The summed E-state index contributed by atoms with van der Waals surface area (Å²) in [6.45, 7) is 7.46. The van der Waals surface area contributed by atoms with Crippen LogP contribution in [-0.4, -0.2) is 48.1 Å². The first-order chi connectivity index (χ1) is 9.20. The van der Waals surface area contributed by atoms with E-state index in [0.717, 1.165) is 44.2 Å².